The van der Waals surface area contributed by atoms with Gasteiger partial charge in [0.15, 0.2) is 0 Å². The van der Waals surface area contributed by atoms with Crippen LogP contribution >= 0.6 is 12.4 Å². The summed E-state index contributed by atoms with van der Waals surface area (Å²) in [5.41, 5.74) is 4.72. The minimum Gasteiger partial charge on any atom is -0.391 e. The average Bonchev–Trinajstić information content (AvgIpc) is 4.11. The number of aliphatic hydroxyl groups excluding tert-OH is 3. The van der Waals surface area contributed by atoms with E-state index in [4.69, 9.17) is 0 Å². The zero-order valence-electron chi connectivity index (χ0n) is 38.0. The molecule has 71 heavy (non-hydrogen) atoms. The molecule has 6 heterocycles. The molecule has 0 spiro atoms. The van der Waals surface area contributed by atoms with Gasteiger partial charge in [0.1, 0.15) is 18.1 Å². The van der Waals surface area contributed by atoms with E-state index >= 15 is 0 Å². The number of nitrogens with zero attached hydrogens (tertiary/aromatic N) is 6. The van der Waals surface area contributed by atoms with Crippen molar-refractivity contribution in [3.63, 3.8) is 0 Å². The number of amides is 6. The monoisotopic (exact) mass is 979 g/mol. The van der Waals surface area contributed by atoms with Gasteiger partial charge in [0.25, 0.3) is 17.7 Å². The lowest BCUT2D eigenvalue weighted by molar-refractivity contribution is -0.120. The third kappa shape index (κ3) is 11.1. The van der Waals surface area contributed by atoms with Crippen molar-refractivity contribution in [1.82, 2.24) is 29.7 Å². The smallest absolute Gasteiger partial charge is 0.256 e. The van der Waals surface area contributed by atoms with Crippen LogP contribution in [0.3, 0.4) is 0 Å². The maximum atomic E-state index is 13.7. The number of nitrogens with one attached hydrogen (secondary N) is 3. The van der Waals surface area contributed by atoms with Crippen LogP contribution in [-0.2, 0) is 14.4 Å². The van der Waals surface area contributed by atoms with Gasteiger partial charge in [-0.1, -0.05) is 36.4 Å². The van der Waals surface area contributed by atoms with Gasteiger partial charge in [-0.2, -0.15) is 0 Å². The summed E-state index contributed by atoms with van der Waals surface area (Å²) in [4.78, 5) is 97.0. The number of benzene rings is 3. The van der Waals surface area contributed by atoms with Crippen molar-refractivity contribution in [2.45, 2.75) is 61.6 Å². The summed E-state index contributed by atoms with van der Waals surface area (Å²) < 4.78 is 0. The van der Waals surface area contributed by atoms with Crippen LogP contribution in [0.5, 0.6) is 0 Å². The molecule has 0 radical (unpaired) electrons. The topological polar surface area (TPSA) is 248 Å². The van der Waals surface area contributed by atoms with Crippen LogP contribution in [0.1, 0.15) is 72.9 Å². The van der Waals surface area contributed by atoms with E-state index < -0.39 is 77.8 Å². The summed E-state index contributed by atoms with van der Waals surface area (Å²) in [5, 5.41) is 40.2. The maximum Gasteiger partial charge on any atom is 0.256 e. The van der Waals surface area contributed by atoms with E-state index in [9.17, 15) is 44.1 Å². The van der Waals surface area contributed by atoms with Crippen LogP contribution < -0.4 is 16.0 Å². The molecule has 6 amide bonds. The van der Waals surface area contributed by atoms with Crippen LogP contribution in [0.25, 0.3) is 0 Å². The molecule has 3 aliphatic rings. The zero-order chi connectivity index (χ0) is 48.9. The molecule has 3 saturated heterocycles. The van der Waals surface area contributed by atoms with Crippen LogP contribution in [0.2, 0.25) is 0 Å². The number of β-amino-alcohol motifs (C(OH)–C–C–N with tert-alkyl or cyclic N) is 3. The number of rotatable bonds is 12. The van der Waals surface area contributed by atoms with Crippen LogP contribution in [-0.4, -0.2) is 136 Å². The standard InChI is InChI=1S/C52H49N9O9.ClH/c62-40-22-43(59(28-40)50(68)34-4-1-19-53-25-34)47(65)56-37-13-7-31(8-14-37)46(32-9-15-38(16-10-32)57-48(66)44-23-41(63)29-60(44)51(69)35-5-2-20-54-26-35)33-11-17-39(18-12-33)58-49(67)45-24-42(64)30-61(45)52(70)36-6-3-21-55-27-36;/h1-21,25-27,40-46,62-64H,22-24,28-30H2,(H,56,65)(H,57,66)(H,58,67);1H/t40?,41?,42?,43-,44-,45-,46?;/m0./s1. The van der Waals surface area contributed by atoms with Gasteiger partial charge in [-0.15, -0.1) is 12.4 Å². The molecule has 0 aliphatic carbocycles. The first-order chi connectivity index (χ1) is 33.9. The fourth-order valence-corrected chi connectivity index (χ4v) is 9.36. The van der Waals surface area contributed by atoms with Gasteiger partial charge >= 0.3 is 0 Å². The molecule has 0 saturated carbocycles. The first-order valence-electron chi connectivity index (χ1n) is 22.8. The number of aliphatic hydroxyl groups is 3. The maximum absolute atomic E-state index is 13.7. The highest BCUT2D eigenvalue weighted by molar-refractivity contribution is 6.03. The number of likely N-dealkylation sites (tertiary alicyclic amines) is 3. The quantitative estimate of drug-likeness (QED) is 0.0949. The Bertz CT molecular complexity index is 2560. The zero-order valence-corrected chi connectivity index (χ0v) is 38.8. The van der Waals surface area contributed by atoms with E-state index in [0.29, 0.717) is 33.8 Å². The second kappa shape index (κ2) is 21.8. The Hall–Kier alpha value is -7.90. The molecule has 3 aromatic heterocycles. The summed E-state index contributed by atoms with van der Waals surface area (Å²) in [6, 6.07) is 28.5. The summed E-state index contributed by atoms with van der Waals surface area (Å²) in [7, 11) is 0. The van der Waals surface area contributed by atoms with Crippen molar-refractivity contribution in [3.8, 4) is 0 Å². The predicted molar refractivity (Wildman–Crippen MR) is 262 cm³/mol. The van der Waals surface area contributed by atoms with E-state index in [1.807, 2.05) is 36.4 Å². The number of aromatic nitrogens is 3. The summed E-state index contributed by atoms with van der Waals surface area (Å²) in [6.07, 6.45) is 6.45. The fraction of sp³-hybridized carbons (Fsp3) is 0.250. The number of carbonyl (C=O) groups is 6. The van der Waals surface area contributed by atoms with Crippen LogP contribution in [0.15, 0.2) is 146 Å². The van der Waals surface area contributed by atoms with Crippen molar-refractivity contribution in [2.75, 3.05) is 35.6 Å². The summed E-state index contributed by atoms with van der Waals surface area (Å²) in [5.74, 6) is -3.03. The number of hydrogen-bond donors (Lipinski definition) is 6. The van der Waals surface area contributed by atoms with Crippen molar-refractivity contribution in [2.24, 2.45) is 0 Å². The molecule has 3 aliphatic heterocycles. The molecule has 18 nitrogen and oxygen atoms in total. The van der Waals surface area contributed by atoms with Crippen molar-refractivity contribution in [1.29, 1.82) is 0 Å². The van der Waals surface area contributed by atoms with E-state index in [2.05, 4.69) is 30.9 Å². The SMILES string of the molecule is Cl.O=C(Nc1ccc(C(c2ccc(NC(=O)[C@@H]3CC(O)CN3C(=O)c3cccnc3)cc2)c2ccc(NC(=O)[C@@H]3CC(O)CN3C(=O)c3cccnc3)cc2)cc1)[C@@H]1CC(O)CN1C(=O)c1cccnc1. The first-order valence-corrected chi connectivity index (χ1v) is 22.8. The first kappa shape index (κ1) is 49.5. The Morgan fingerprint density at radius 3 is 0.944 bits per heavy atom. The lowest BCUT2D eigenvalue weighted by Crippen LogP contribution is -2.43. The molecule has 3 fully saturated rings. The van der Waals surface area contributed by atoms with E-state index in [0.717, 1.165) is 16.7 Å². The molecule has 19 heteroatoms. The van der Waals surface area contributed by atoms with Crippen molar-refractivity contribution in [3.05, 3.63) is 180 Å². The predicted octanol–water partition coefficient (Wildman–Crippen LogP) is 4.12. The molecule has 6 aromatic rings. The highest BCUT2D eigenvalue weighted by atomic mass is 35.5. The van der Waals surface area contributed by atoms with E-state index in [1.54, 1.807) is 91.4 Å². The van der Waals surface area contributed by atoms with Gasteiger partial charge in [-0.05, 0) is 89.5 Å². The Kier molecular flexibility index (Phi) is 15.2. The highest BCUT2D eigenvalue weighted by Gasteiger charge is 2.42. The molecule has 6 atom stereocenters. The third-order valence-corrected chi connectivity index (χ3v) is 12.8. The Morgan fingerprint density at radius 1 is 0.437 bits per heavy atom. The minimum atomic E-state index is -0.917. The largest absolute Gasteiger partial charge is 0.391 e. The average molecular weight is 980 g/mol. The van der Waals surface area contributed by atoms with E-state index in [-0.39, 0.29) is 51.3 Å². The molecule has 9 rings (SSSR count). The molecular formula is C52H50ClN9O9. The normalized spacial score (nSPS) is 20.9. The minimum absolute atomic E-state index is 0. The Labute approximate surface area is 414 Å². The number of anilines is 3. The van der Waals surface area contributed by atoms with Gasteiger partial charge in [0.2, 0.25) is 17.7 Å². The Balaban J connectivity index is 0.00000676. The molecule has 364 valence electrons. The second-order valence-corrected chi connectivity index (χ2v) is 17.6. The van der Waals surface area contributed by atoms with Gasteiger partial charge in [0, 0.05) is 99.1 Å². The lowest BCUT2D eigenvalue weighted by Gasteiger charge is -2.24. The second-order valence-electron chi connectivity index (χ2n) is 17.6. The number of halogens is 1. The van der Waals surface area contributed by atoms with Gasteiger partial charge in [-0.25, -0.2) is 0 Å². The van der Waals surface area contributed by atoms with Gasteiger partial charge < -0.3 is 46.0 Å². The molecule has 3 aromatic carbocycles. The van der Waals surface area contributed by atoms with Crippen LogP contribution in [0, 0.1) is 0 Å². The molecule has 6 N–H and O–H groups in total. The molecule has 3 unspecified atom stereocenters. The summed E-state index contributed by atoms with van der Waals surface area (Å²) >= 11 is 0. The summed E-state index contributed by atoms with van der Waals surface area (Å²) in [6.45, 7) is -0.00185. The fourth-order valence-electron chi connectivity index (χ4n) is 9.36. The molecule has 0 bridgehead atoms. The Morgan fingerprint density at radius 2 is 0.704 bits per heavy atom. The van der Waals surface area contributed by atoms with Crippen LogP contribution in [0.4, 0.5) is 17.1 Å². The number of carbonyl (C=O) groups excluding carboxylic acids is 6. The third-order valence-electron chi connectivity index (χ3n) is 12.8. The van der Waals surface area contributed by atoms with Crippen molar-refractivity contribution >= 4 is 64.9 Å². The number of hydrogen-bond acceptors (Lipinski definition) is 12. The molecular weight excluding hydrogens is 930 g/mol. The van der Waals surface area contributed by atoms with E-state index in [1.165, 1.54) is 33.3 Å². The number of pyridine rings is 3. The highest BCUT2D eigenvalue weighted by Crippen LogP contribution is 2.35. The van der Waals surface area contributed by atoms with Crippen molar-refractivity contribution < 1.29 is 44.1 Å². The van der Waals surface area contributed by atoms with Gasteiger partial charge in [0.05, 0.1) is 35.0 Å². The lowest BCUT2D eigenvalue weighted by atomic mass is 9.85. The van der Waals surface area contributed by atoms with Gasteiger partial charge in [-0.3, -0.25) is 43.7 Å².